The van der Waals surface area contributed by atoms with Gasteiger partial charge in [0.1, 0.15) is 24.9 Å². The van der Waals surface area contributed by atoms with Crippen molar-refractivity contribution in [2.45, 2.75) is 281 Å². The summed E-state index contributed by atoms with van der Waals surface area (Å²) >= 11 is 0. The molecule has 8 fully saturated rings. The van der Waals surface area contributed by atoms with Gasteiger partial charge in [-0.05, 0) is 302 Å². The lowest BCUT2D eigenvalue weighted by molar-refractivity contribution is -0.143. The molecule has 14 aliphatic rings. The molecule has 0 bridgehead atoms. The van der Waals surface area contributed by atoms with Crippen LogP contribution in [0.5, 0.6) is 0 Å². The summed E-state index contributed by atoms with van der Waals surface area (Å²) in [6.07, 6.45) is 27.0. The van der Waals surface area contributed by atoms with Crippen LogP contribution < -0.4 is 21.3 Å². The van der Waals surface area contributed by atoms with Gasteiger partial charge in [-0.1, -0.05) is 147 Å². The molecule has 4 aromatic carbocycles. The number of amidine groups is 2. The maximum absolute atomic E-state index is 13.9. The van der Waals surface area contributed by atoms with Crippen LogP contribution in [-0.4, -0.2) is 243 Å². The zero-order chi connectivity index (χ0) is 88.3. The van der Waals surface area contributed by atoms with Crippen LogP contribution in [0.25, 0.3) is 0 Å². The molecule has 18 rings (SSSR count). The third kappa shape index (κ3) is 20.3. The summed E-state index contributed by atoms with van der Waals surface area (Å²) in [4.78, 5) is 106. The van der Waals surface area contributed by atoms with Gasteiger partial charge in [-0.3, -0.25) is 29.2 Å². The van der Waals surface area contributed by atoms with Crippen LogP contribution in [0.2, 0.25) is 0 Å². The number of amides is 6. The fourth-order valence-corrected chi connectivity index (χ4v) is 24.9. The van der Waals surface area contributed by atoms with E-state index in [4.69, 9.17) is 9.47 Å². The Hall–Kier alpha value is -8.44. The highest BCUT2D eigenvalue weighted by molar-refractivity contribution is 5.97. The number of hydrogen-bond acceptors (Lipinski definition) is 16. The van der Waals surface area contributed by atoms with E-state index in [1.165, 1.54) is 158 Å². The molecule has 684 valence electrons. The maximum Gasteiger partial charge on any atom is 0.406 e. The van der Waals surface area contributed by atoms with Gasteiger partial charge in [0.25, 0.3) is 0 Å². The predicted octanol–water partition coefficient (Wildman–Crippen LogP) is 15.2. The number of rotatable bonds is 16. The number of piperidine rings is 4. The summed E-state index contributed by atoms with van der Waals surface area (Å²) in [6, 6.07) is 36.9. The highest BCUT2D eigenvalue weighted by Gasteiger charge is 2.55. The summed E-state index contributed by atoms with van der Waals surface area (Å²) in [5.41, 5.74) is 14.8. The van der Waals surface area contributed by atoms with Crippen molar-refractivity contribution in [1.82, 2.24) is 60.5 Å². The molecule has 4 saturated heterocycles. The molecule has 0 atom stereocenters. The largest absolute Gasteiger partial charge is 0.448 e. The molecule has 22 nitrogen and oxygen atoms in total. The minimum Gasteiger partial charge on any atom is -0.448 e. The highest BCUT2D eigenvalue weighted by Crippen LogP contribution is 2.50. The van der Waals surface area contributed by atoms with Gasteiger partial charge >= 0.3 is 12.2 Å². The first-order valence-corrected chi connectivity index (χ1v) is 49.0. The average molecular weight is 1720 g/mol. The highest BCUT2D eigenvalue weighted by atomic mass is 16.6. The summed E-state index contributed by atoms with van der Waals surface area (Å²) in [6.45, 7) is 35.1. The Morgan fingerprint density at radius 1 is 0.389 bits per heavy atom. The number of ether oxygens (including phenoxy) is 2. The number of carbonyl (C=O) groups excluding carboxylic acids is 6. The molecule has 0 aromatic heterocycles. The number of alkyl carbamates (subject to hydrolysis) is 2. The van der Waals surface area contributed by atoms with E-state index < -0.39 is 23.0 Å². The topological polar surface area (TPSA) is 220 Å². The number of aliphatic imine (C=N–C) groups is 2. The van der Waals surface area contributed by atoms with Crippen molar-refractivity contribution < 1.29 is 38.2 Å². The van der Waals surface area contributed by atoms with E-state index in [0.717, 1.165) is 171 Å². The predicted molar refractivity (Wildman–Crippen MR) is 501 cm³/mol. The van der Waals surface area contributed by atoms with Crippen molar-refractivity contribution >= 4 is 47.5 Å². The van der Waals surface area contributed by atoms with Crippen LogP contribution in [-0.2, 0) is 76.5 Å². The van der Waals surface area contributed by atoms with Gasteiger partial charge in [0, 0.05) is 77.5 Å². The molecule has 22 heteroatoms. The van der Waals surface area contributed by atoms with Gasteiger partial charge in [-0.2, -0.15) is 0 Å². The Kier molecular flexibility index (Phi) is 30.4. The van der Waals surface area contributed by atoms with Crippen molar-refractivity contribution in [2.24, 2.45) is 33.7 Å². The molecule has 4 aromatic rings. The molecule has 0 radical (unpaired) electrons. The lowest BCUT2D eigenvalue weighted by Gasteiger charge is -2.49. The molecular weight excluding hydrogens is 1570 g/mol. The lowest BCUT2D eigenvalue weighted by Crippen LogP contribution is -2.58. The monoisotopic (exact) mass is 1720 g/mol. The molecule has 10 heterocycles. The average Bonchev–Trinajstić information content (AvgIpc) is 0.833. The molecule has 126 heavy (non-hydrogen) atoms. The summed E-state index contributed by atoms with van der Waals surface area (Å²) in [5, 5.41) is 11.6. The van der Waals surface area contributed by atoms with E-state index in [1.54, 1.807) is 25.2 Å². The van der Waals surface area contributed by atoms with Gasteiger partial charge in [0.2, 0.25) is 23.6 Å². The molecule has 4 N–H and O–H groups in total. The third-order valence-electron chi connectivity index (χ3n) is 32.7. The second kappa shape index (κ2) is 41.5. The Balaban J connectivity index is 0.000000130. The van der Waals surface area contributed by atoms with Crippen molar-refractivity contribution in [1.29, 1.82) is 0 Å². The maximum atomic E-state index is 13.9. The molecule has 4 saturated carbocycles. The SMILES string of the molecule is CC(C)=C1CCC(N2CCC3(CC2)C(=O)N(CC2=NCCN2)Cc2ccccc23)CC1.CC(C)C1CCC(N2CCC3(CC2)C(=O)N(CC2=NCCN2)Cc2ccccc23)CC1.CNC(=O)OCCN1Cc2ccccc2C2(CCN(C3CCC(=C(C)C)CC3)CC2)C1=O.CNC(=O)OCCN1Cc2ccccc2C2(CCN(C3CCC(C(C)C)CC3)CC2)C1=O. The van der Waals surface area contributed by atoms with Crippen molar-refractivity contribution in [2.75, 3.05) is 132 Å². The molecule has 4 spiro atoms. The number of nitrogens with one attached hydrogen (secondary N) is 4. The van der Waals surface area contributed by atoms with Gasteiger partial charge in [0.05, 0.1) is 60.9 Å². The fourth-order valence-electron chi connectivity index (χ4n) is 24.9. The summed E-state index contributed by atoms with van der Waals surface area (Å²) in [7, 11) is 3.09. The van der Waals surface area contributed by atoms with Crippen LogP contribution in [0.4, 0.5) is 9.59 Å². The van der Waals surface area contributed by atoms with Crippen LogP contribution >= 0.6 is 0 Å². The number of carbonyl (C=O) groups is 6. The first kappa shape index (κ1) is 92.3. The Labute approximate surface area is 753 Å². The number of nitrogens with zero attached hydrogens (tertiary/aromatic N) is 10. The second-order valence-corrected chi connectivity index (χ2v) is 40.5. The van der Waals surface area contributed by atoms with Crippen LogP contribution in [0.1, 0.15) is 254 Å². The smallest absolute Gasteiger partial charge is 0.406 e. The molecular formula is C104H150N14O8. The van der Waals surface area contributed by atoms with E-state index in [1.807, 2.05) is 9.80 Å². The fraction of sp³-hybridized carbons (Fsp3) is 0.654. The standard InChI is InChI=1S/C26H38N4O.C26H36N4O.C26H39N3O3.C26H37N3O3/c2*1-19(2)20-7-9-22(10-8-20)29-15-11-26(12-16-29)23-6-4-3-5-21(23)17-30(25(26)31)18-24-27-13-14-28-24;2*1-19(2)20-8-10-22(11-9-20)28-14-12-26(13-15-28)23-7-5-4-6-21(23)18-29(24(26)30)16-17-32-25(31)27-3/h3-6,19-20,22H,7-18H2,1-2H3,(H,27,28);3-6,22H,7-18H2,1-2H3,(H,27,28);4-7,19-20,22H,8-18H2,1-3H3,(H,27,31);4-7,22H,8-18H2,1-3H3,(H,27,31). The van der Waals surface area contributed by atoms with E-state index >= 15 is 0 Å². The van der Waals surface area contributed by atoms with Gasteiger partial charge in [0.15, 0.2) is 0 Å². The number of likely N-dealkylation sites (tertiary alicyclic amines) is 4. The lowest BCUT2D eigenvalue weighted by atomic mass is 9.67. The van der Waals surface area contributed by atoms with E-state index in [9.17, 15) is 28.8 Å². The minimum atomic E-state index is -0.457. The van der Waals surface area contributed by atoms with Crippen LogP contribution in [0, 0.1) is 23.7 Å². The second-order valence-electron chi connectivity index (χ2n) is 40.5. The van der Waals surface area contributed by atoms with Crippen molar-refractivity contribution in [3.63, 3.8) is 0 Å². The first-order valence-electron chi connectivity index (χ1n) is 49.0. The molecule has 0 unspecified atom stereocenters. The van der Waals surface area contributed by atoms with Crippen LogP contribution in [0.3, 0.4) is 0 Å². The number of hydrogen-bond donors (Lipinski definition) is 4. The zero-order valence-electron chi connectivity index (χ0n) is 78.1. The minimum absolute atomic E-state index is 0.201. The van der Waals surface area contributed by atoms with Gasteiger partial charge in [-0.15, -0.1) is 0 Å². The Morgan fingerprint density at radius 3 is 0.905 bits per heavy atom. The normalized spacial score (nSPS) is 25.8. The zero-order valence-corrected chi connectivity index (χ0v) is 78.1. The van der Waals surface area contributed by atoms with Crippen LogP contribution in [0.15, 0.2) is 129 Å². The third-order valence-corrected chi connectivity index (χ3v) is 32.7. The van der Waals surface area contributed by atoms with E-state index in [-0.39, 0.29) is 35.9 Å². The first-order chi connectivity index (χ1) is 61.0. The summed E-state index contributed by atoms with van der Waals surface area (Å²) in [5.74, 6) is 6.37. The number of fused-ring (bicyclic) bond motifs is 8. The van der Waals surface area contributed by atoms with Gasteiger partial charge in [-0.25, -0.2) is 9.59 Å². The Morgan fingerprint density at radius 2 is 0.651 bits per heavy atom. The van der Waals surface area contributed by atoms with E-state index in [0.29, 0.717) is 82.3 Å². The Bertz CT molecular complexity index is 4550. The van der Waals surface area contributed by atoms with Gasteiger partial charge < -0.3 is 69.9 Å². The number of allylic oxidation sites excluding steroid dienone is 4. The summed E-state index contributed by atoms with van der Waals surface area (Å²) < 4.78 is 10.3. The van der Waals surface area contributed by atoms with Crippen molar-refractivity contribution in [3.05, 3.63) is 164 Å². The molecule has 10 aliphatic heterocycles. The molecule has 6 amide bonds. The molecule has 4 aliphatic carbocycles. The van der Waals surface area contributed by atoms with Crippen molar-refractivity contribution in [3.8, 4) is 0 Å². The quantitative estimate of drug-likeness (QED) is 0.0767. The van der Waals surface area contributed by atoms with E-state index in [2.05, 4.69) is 213 Å². The number of benzene rings is 4.